The molecule has 6 aromatic rings. The third-order valence-electron chi connectivity index (χ3n) is 17.8. The van der Waals surface area contributed by atoms with E-state index in [2.05, 4.69) is 204 Å². The summed E-state index contributed by atoms with van der Waals surface area (Å²) >= 11 is 0. The molecule has 0 radical (unpaired) electrons. The molecule has 12 rings (SSSR count). The van der Waals surface area contributed by atoms with Gasteiger partial charge < -0.3 is 14.7 Å². The van der Waals surface area contributed by atoms with Crippen LogP contribution < -0.4 is 31.1 Å². The molecule has 4 aliphatic heterocycles. The molecule has 4 heteroatoms. The predicted octanol–water partition coefficient (Wildman–Crippen LogP) is 13.4. The summed E-state index contributed by atoms with van der Waals surface area (Å²) in [5.41, 5.74) is 20.9. The molecule has 0 bridgehead atoms. The van der Waals surface area contributed by atoms with Crippen LogP contribution in [-0.2, 0) is 21.7 Å². The van der Waals surface area contributed by atoms with Crippen molar-refractivity contribution in [2.75, 3.05) is 14.7 Å². The largest absolute Gasteiger partial charge is 0.335 e. The van der Waals surface area contributed by atoms with Crippen molar-refractivity contribution in [2.24, 2.45) is 0 Å². The molecular weight excluding hydrogens is 761 g/mol. The molecule has 4 atom stereocenters. The van der Waals surface area contributed by atoms with E-state index < -0.39 is 0 Å². The first-order valence-electron chi connectivity index (χ1n) is 24.2. The molecule has 2 saturated carbocycles. The van der Waals surface area contributed by atoms with Crippen molar-refractivity contribution in [1.82, 2.24) is 0 Å². The highest BCUT2D eigenvalue weighted by atomic mass is 15.3. The van der Waals surface area contributed by atoms with Gasteiger partial charge in [-0.25, -0.2) is 0 Å². The highest BCUT2D eigenvalue weighted by Crippen LogP contribution is 2.66. The third-order valence-corrected chi connectivity index (χ3v) is 17.8. The maximum Gasteiger partial charge on any atom is 0.252 e. The second-order valence-electron chi connectivity index (χ2n) is 23.0. The number of hydrogen-bond donors (Lipinski definition) is 0. The molecule has 4 unspecified atom stereocenters. The molecule has 2 fully saturated rings. The van der Waals surface area contributed by atoms with Gasteiger partial charge in [-0.2, -0.15) is 0 Å². The van der Waals surface area contributed by atoms with Gasteiger partial charge in [0.1, 0.15) is 0 Å². The number of rotatable bonds is 3. The van der Waals surface area contributed by atoms with Crippen molar-refractivity contribution < 1.29 is 0 Å². The molecule has 63 heavy (non-hydrogen) atoms. The minimum atomic E-state index is -0.191. The van der Waals surface area contributed by atoms with Crippen molar-refractivity contribution in [2.45, 2.75) is 146 Å². The van der Waals surface area contributed by atoms with Gasteiger partial charge in [0.2, 0.25) is 0 Å². The first-order chi connectivity index (χ1) is 30.1. The SMILES string of the molecule is CC(C)(C)c1cc2c3c(c1)C1(C)CCCCC1(C)N3c1cc(N3c4ccc(C(C)(C)C)cc4C4(c5ccccc5)CCCCC34C)cc3c1B2c1ccccc1N3c1ccccc1. The standard InChI is InChI=1S/C59H64BN3/c1-54(2,3)40-28-29-48-44(34-40)59(39-22-12-10-13-23-39)33-21-20-32-58(59,9)62(48)43-37-50-52-51(38-43)63-53-45(56(7)30-18-19-31-57(56,63)8)35-41(55(4,5)6)36-47(53)60(52)46-26-16-17-27-49(46)61(50)42-24-14-11-15-25-42/h10-17,22-29,34-38H,18-21,30-33H2,1-9H3. The van der Waals surface area contributed by atoms with Crippen LogP contribution in [0.1, 0.15) is 141 Å². The lowest BCUT2D eigenvalue weighted by molar-refractivity contribution is 0.195. The zero-order chi connectivity index (χ0) is 43.5. The summed E-state index contributed by atoms with van der Waals surface area (Å²) in [7, 11) is 0. The summed E-state index contributed by atoms with van der Waals surface area (Å²) in [5, 5.41) is 0. The average molecular weight is 826 g/mol. The Morgan fingerprint density at radius 1 is 0.476 bits per heavy atom. The molecule has 2 aliphatic carbocycles. The zero-order valence-corrected chi connectivity index (χ0v) is 39.2. The Kier molecular flexibility index (Phi) is 8.10. The molecule has 0 saturated heterocycles. The molecule has 318 valence electrons. The van der Waals surface area contributed by atoms with Gasteiger partial charge in [-0.05, 0) is 131 Å². The fourth-order valence-corrected chi connectivity index (χ4v) is 14.3. The van der Waals surface area contributed by atoms with E-state index in [1.807, 2.05) is 0 Å². The minimum absolute atomic E-state index is 0.0209. The van der Waals surface area contributed by atoms with Gasteiger partial charge in [0.25, 0.3) is 6.71 Å². The Morgan fingerprint density at radius 2 is 1.10 bits per heavy atom. The number of nitrogens with zero attached hydrogens (tertiary/aromatic N) is 3. The molecule has 0 N–H and O–H groups in total. The summed E-state index contributed by atoms with van der Waals surface area (Å²) in [6.45, 7) is 22.4. The number of para-hydroxylation sites is 2. The summed E-state index contributed by atoms with van der Waals surface area (Å²) in [6.07, 6.45) is 9.66. The fraction of sp³-hybridized carbons (Fsp3) is 0.390. The molecular formula is C59H64BN3. The van der Waals surface area contributed by atoms with Crippen LogP contribution in [0.4, 0.5) is 39.8 Å². The van der Waals surface area contributed by atoms with E-state index in [4.69, 9.17) is 0 Å². The van der Waals surface area contributed by atoms with Crippen LogP contribution in [0.25, 0.3) is 0 Å². The highest BCUT2D eigenvalue weighted by molar-refractivity contribution is 7.00. The molecule has 6 aromatic carbocycles. The van der Waals surface area contributed by atoms with Gasteiger partial charge in [0.05, 0.1) is 11.1 Å². The normalized spacial score (nSPS) is 26.4. The highest BCUT2D eigenvalue weighted by Gasteiger charge is 2.64. The minimum Gasteiger partial charge on any atom is -0.335 e. The van der Waals surface area contributed by atoms with E-state index in [9.17, 15) is 0 Å². The topological polar surface area (TPSA) is 9.72 Å². The average Bonchev–Trinajstić information content (AvgIpc) is 3.64. The molecule has 3 nitrogen and oxygen atoms in total. The van der Waals surface area contributed by atoms with Crippen molar-refractivity contribution in [3.05, 3.63) is 155 Å². The van der Waals surface area contributed by atoms with Crippen molar-refractivity contribution in [1.29, 1.82) is 0 Å². The third kappa shape index (κ3) is 4.99. The van der Waals surface area contributed by atoms with E-state index in [0.717, 1.165) is 12.8 Å². The number of anilines is 7. The van der Waals surface area contributed by atoms with Gasteiger partial charge in [0.15, 0.2) is 0 Å². The van der Waals surface area contributed by atoms with Crippen LogP contribution >= 0.6 is 0 Å². The molecule has 0 aromatic heterocycles. The van der Waals surface area contributed by atoms with Crippen LogP contribution in [-0.4, -0.2) is 17.8 Å². The summed E-state index contributed by atoms with van der Waals surface area (Å²) < 4.78 is 0. The summed E-state index contributed by atoms with van der Waals surface area (Å²) in [6, 6.07) is 50.4. The molecule has 0 amide bonds. The Labute approximate surface area is 377 Å². The lowest BCUT2D eigenvalue weighted by Crippen LogP contribution is -2.64. The summed E-state index contributed by atoms with van der Waals surface area (Å²) in [4.78, 5) is 8.43. The van der Waals surface area contributed by atoms with E-state index in [0.29, 0.717) is 0 Å². The molecule has 0 spiro atoms. The first-order valence-corrected chi connectivity index (χ1v) is 24.2. The Morgan fingerprint density at radius 3 is 1.83 bits per heavy atom. The van der Waals surface area contributed by atoms with Crippen molar-refractivity contribution >= 4 is 62.9 Å². The Hall–Kier alpha value is -5.22. The first kappa shape index (κ1) is 39.4. The van der Waals surface area contributed by atoms with Crippen LogP contribution in [0.3, 0.4) is 0 Å². The molecule has 4 heterocycles. The Bertz CT molecular complexity index is 2850. The number of hydrogen-bond acceptors (Lipinski definition) is 3. The number of benzene rings is 6. The fourth-order valence-electron chi connectivity index (χ4n) is 14.3. The lowest BCUT2D eigenvalue weighted by atomic mass is 9.33. The monoisotopic (exact) mass is 826 g/mol. The van der Waals surface area contributed by atoms with Crippen LogP contribution in [0, 0.1) is 0 Å². The maximum atomic E-state index is 2.94. The zero-order valence-electron chi connectivity index (χ0n) is 39.2. The van der Waals surface area contributed by atoms with Crippen LogP contribution in [0.5, 0.6) is 0 Å². The van der Waals surface area contributed by atoms with Crippen LogP contribution in [0.2, 0.25) is 0 Å². The van der Waals surface area contributed by atoms with Gasteiger partial charge in [-0.3, -0.25) is 0 Å². The van der Waals surface area contributed by atoms with E-state index in [1.165, 1.54) is 117 Å². The smallest absolute Gasteiger partial charge is 0.252 e. The van der Waals surface area contributed by atoms with Gasteiger partial charge >= 0.3 is 0 Å². The van der Waals surface area contributed by atoms with Gasteiger partial charge in [-0.1, -0.05) is 165 Å². The van der Waals surface area contributed by atoms with Crippen LogP contribution in [0.15, 0.2) is 127 Å². The number of fused-ring (bicyclic) bond motifs is 10. The molecule has 6 aliphatic rings. The maximum absolute atomic E-state index is 2.94. The quantitative estimate of drug-likeness (QED) is 0.164. The lowest BCUT2D eigenvalue weighted by Gasteiger charge is -2.54. The second-order valence-corrected chi connectivity index (χ2v) is 23.0. The van der Waals surface area contributed by atoms with Crippen molar-refractivity contribution in [3.8, 4) is 0 Å². The Balaban J connectivity index is 1.21. The van der Waals surface area contributed by atoms with Gasteiger partial charge in [-0.15, -0.1) is 0 Å². The van der Waals surface area contributed by atoms with E-state index in [1.54, 1.807) is 5.56 Å². The van der Waals surface area contributed by atoms with Crippen molar-refractivity contribution in [3.63, 3.8) is 0 Å². The predicted molar refractivity (Wildman–Crippen MR) is 269 cm³/mol. The second kappa shape index (κ2) is 13.0. The van der Waals surface area contributed by atoms with E-state index in [-0.39, 0.29) is 39.5 Å². The summed E-state index contributed by atoms with van der Waals surface area (Å²) in [5.74, 6) is 0. The van der Waals surface area contributed by atoms with Gasteiger partial charge in [0, 0.05) is 50.6 Å². The van der Waals surface area contributed by atoms with E-state index >= 15 is 0 Å².